The average molecular weight is 186 g/mol. The molecule has 78 valence electrons. The Kier molecular flexibility index (Phi) is 3.91. The zero-order chi connectivity index (χ0) is 10.8. The molecule has 0 aliphatic carbocycles. The Morgan fingerprint density at radius 2 is 1.69 bits per heavy atom. The van der Waals surface area contributed by atoms with E-state index in [9.17, 15) is 4.79 Å². The molecule has 0 saturated heterocycles. The smallest absolute Gasteiger partial charge is 0.239 e. The highest BCUT2D eigenvalue weighted by molar-refractivity contribution is 5.82. The minimum absolute atomic E-state index is 0.0162. The fraction of sp³-hybridized carbons (Fsp3) is 0.900. The van der Waals surface area contributed by atoms with E-state index >= 15 is 0 Å². The summed E-state index contributed by atoms with van der Waals surface area (Å²) in [6.07, 6.45) is 0. The van der Waals surface area contributed by atoms with Crippen molar-refractivity contribution in [1.82, 2.24) is 4.90 Å². The molecule has 2 N–H and O–H groups in total. The van der Waals surface area contributed by atoms with Gasteiger partial charge in [0.1, 0.15) is 0 Å². The van der Waals surface area contributed by atoms with E-state index in [0.29, 0.717) is 0 Å². The summed E-state index contributed by atoms with van der Waals surface area (Å²) in [5.41, 5.74) is 5.68. The van der Waals surface area contributed by atoms with Gasteiger partial charge in [0, 0.05) is 13.1 Å². The molecule has 0 aromatic carbocycles. The van der Waals surface area contributed by atoms with Gasteiger partial charge in [-0.15, -0.1) is 0 Å². The Labute approximate surface area is 81.3 Å². The standard InChI is InChI=1S/C10H22N2O/c1-7(2)12(6)9(13)8(11)10(3,4)5/h7-8H,11H2,1-6H3/t8-/m0/s1. The second kappa shape index (κ2) is 4.09. The van der Waals surface area contributed by atoms with Crippen molar-refractivity contribution in [3.63, 3.8) is 0 Å². The average Bonchev–Trinajstić information content (AvgIpc) is 1.98. The molecular weight excluding hydrogens is 164 g/mol. The first-order chi connectivity index (χ1) is 5.68. The van der Waals surface area contributed by atoms with E-state index in [0.717, 1.165) is 0 Å². The topological polar surface area (TPSA) is 46.3 Å². The third kappa shape index (κ3) is 3.35. The first kappa shape index (κ1) is 12.4. The summed E-state index contributed by atoms with van der Waals surface area (Å²) in [6, 6.07) is -0.208. The minimum atomic E-state index is -0.417. The van der Waals surface area contributed by atoms with Gasteiger partial charge in [0.05, 0.1) is 6.04 Å². The van der Waals surface area contributed by atoms with Crippen LogP contribution in [0, 0.1) is 5.41 Å². The van der Waals surface area contributed by atoms with Crippen LogP contribution in [0.2, 0.25) is 0 Å². The fourth-order valence-electron chi connectivity index (χ4n) is 0.844. The maximum atomic E-state index is 11.7. The van der Waals surface area contributed by atoms with Crippen molar-refractivity contribution in [2.75, 3.05) is 7.05 Å². The molecule has 0 aliphatic rings. The van der Waals surface area contributed by atoms with Gasteiger partial charge in [0.25, 0.3) is 0 Å². The van der Waals surface area contributed by atoms with E-state index in [1.807, 2.05) is 34.6 Å². The fourth-order valence-corrected chi connectivity index (χ4v) is 0.844. The van der Waals surface area contributed by atoms with E-state index in [1.165, 1.54) is 0 Å². The lowest BCUT2D eigenvalue weighted by atomic mass is 9.86. The van der Waals surface area contributed by atoms with Gasteiger partial charge in [-0.25, -0.2) is 0 Å². The van der Waals surface area contributed by atoms with E-state index in [2.05, 4.69) is 0 Å². The highest BCUT2D eigenvalue weighted by atomic mass is 16.2. The summed E-state index contributed by atoms with van der Waals surface area (Å²) < 4.78 is 0. The molecular formula is C10H22N2O. The van der Waals surface area contributed by atoms with E-state index < -0.39 is 6.04 Å². The first-order valence-electron chi connectivity index (χ1n) is 4.70. The Bertz CT molecular complexity index is 182. The lowest BCUT2D eigenvalue weighted by Gasteiger charge is -2.31. The van der Waals surface area contributed by atoms with Crippen molar-refractivity contribution in [3.05, 3.63) is 0 Å². The number of carbonyl (C=O) groups excluding carboxylic acids is 1. The Balaban J connectivity index is 4.44. The molecule has 0 unspecified atom stereocenters. The molecule has 0 aliphatic heterocycles. The molecule has 0 aromatic rings. The normalized spacial score (nSPS) is 14.5. The number of amides is 1. The van der Waals surface area contributed by atoms with Gasteiger partial charge >= 0.3 is 0 Å². The molecule has 3 nitrogen and oxygen atoms in total. The number of likely N-dealkylation sites (N-methyl/N-ethyl adjacent to an activating group) is 1. The molecule has 0 heterocycles. The van der Waals surface area contributed by atoms with Gasteiger partial charge in [-0.3, -0.25) is 4.79 Å². The molecule has 0 spiro atoms. The van der Waals surface area contributed by atoms with Crippen molar-refractivity contribution in [2.45, 2.75) is 46.7 Å². The maximum absolute atomic E-state index is 11.7. The third-order valence-electron chi connectivity index (χ3n) is 2.32. The summed E-state index contributed by atoms with van der Waals surface area (Å²) in [4.78, 5) is 13.4. The van der Waals surface area contributed by atoms with Gasteiger partial charge in [0.15, 0.2) is 0 Å². The molecule has 0 saturated carbocycles. The molecule has 0 radical (unpaired) electrons. The number of rotatable bonds is 2. The summed E-state index contributed by atoms with van der Waals surface area (Å²) in [5.74, 6) is 0.0162. The lowest BCUT2D eigenvalue weighted by molar-refractivity contribution is -0.135. The van der Waals surface area contributed by atoms with Gasteiger partial charge in [0.2, 0.25) is 5.91 Å². The van der Waals surface area contributed by atoms with Crippen LogP contribution in [0.15, 0.2) is 0 Å². The van der Waals surface area contributed by atoms with E-state index in [1.54, 1.807) is 11.9 Å². The second-order valence-electron chi connectivity index (χ2n) is 4.89. The van der Waals surface area contributed by atoms with Crippen LogP contribution in [0.25, 0.3) is 0 Å². The highest BCUT2D eigenvalue weighted by Gasteiger charge is 2.30. The predicted octanol–water partition coefficient (Wildman–Crippen LogP) is 1.23. The van der Waals surface area contributed by atoms with Crippen molar-refractivity contribution >= 4 is 5.91 Å². The van der Waals surface area contributed by atoms with Gasteiger partial charge in [-0.1, -0.05) is 20.8 Å². The van der Waals surface area contributed by atoms with Gasteiger partial charge < -0.3 is 10.6 Å². The van der Waals surface area contributed by atoms with E-state index in [-0.39, 0.29) is 17.4 Å². The van der Waals surface area contributed by atoms with Crippen LogP contribution in [0.5, 0.6) is 0 Å². The molecule has 0 aromatic heterocycles. The van der Waals surface area contributed by atoms with Crippen molar-refractivity contribution in [3.8, 4) is 0 Å². The molecule has 0 rings (SSSR count). The number of hydrogen-bond donors (Lipinski definition) is 1. The van der Waals surface area contributed by atoms with Crippen molar-refractivity contribution in [2.24, 2.45) is 11.1 Å². The van der Waals surface area contributed by atoms with Crippen LogP contribution in [0.3, 0.4) is 0 Å². The van der Waals surface area contributed by atoms with Crippen LogP contribution in [-0.2, 0) is 4.79 Å². The van der Waals surface area contributed by atoms with Gasteiger partial charge in [-0.2, -0.15) is 0 Å². The van der Waals surface area contributed by atoms with Crippen LogP contribution in [0.4, 0.5) is 0 Å². The first-order valence-corrected chi connectivity index (χ1v) is 4.70. The Morgan fingerprint density at radius 1 is 1.31 bits per heavy atom. The summed E-state index contributed by atoms with van der Waals surface area (Å²) in [7, 11) is 1.79. The molecule has 0 bridgehead atoms. The molecule has 3 heteroatoms. The predicted molar refractivity (Wildman–Crippen MR) is 55.3 cm³/mol. The highest BCUT2D eigenvalue weighted by Crippen LogP contribution is 2.19. The van der Waals surface area contributed by atoms with Crippen LogP contribution >= 0.6 is 0 Å². The van der Waals surface area contributed by atoms with Crippen LogP contribution in [-0.4, -0.2) is 29.9 Å². The van der Waals surface area contributed by atoms with Gasteiger partial charge in [-0.05, 0) is 19.3 Å². The molecule has 13 heavy (non-hydrogen) atoms. The Morgan fingerprint density at radius 3 is 1.92 bits per heavy atom. The molecule has 1 amide bonds. The monoisotopic (exact) mass is 186 g/mol. The zero-order valence-electron chi connectivity index (χ0n) is 9.59. The number of carbonyl (C=O) groups is 1. The largest absolute Gasteiger partial charge is 0.342 e. The van der Waals surface area contributed by atoms with Crippen molar-refractivity contribution < 1.29 is 4.79 Å². The second-order valence-corrected chi connectivity index (χ2v) is 4.89. The van der Waals surface area contributed by atoms with Crippen LogP contribution in [0.1, 0.15) is 34.6 Å². The summed E-state index contributed by atoms with van der Waals surface area (Å²) in [5, 5.41) is 0. The molecule has 1 atom stereocenters. The maximum Gasteiger partial charge on any atom is 0.239 e. The Hall–Kier alpha value is -0.570. The van der Waals surface area contributed by atoms with Crippen molar-refractivity contribution in [1.29, 1.82) is 0 Å². The summed E-state index contributed by atoms with van der Waals surface area (Å²) >= 11 is 0. The molecule has 0 fully saturated rings. The third-order valence-corrected chi connectivity index (χ3v) is 2.32. The van der Waals surface area contributed by atoms with Crippen LogP contribution < -0.4 is 5.73 Å². The number of nitrogens with zero attached hydrogens (tertiary/aromatic N) is 1. The minimum Gasteiger partial charge on any atom is -0.342 e. The lowest BCUT2D eigenvalue weighted by Crippen LogP contribution is -2.50. The zero-order valence-corrected chi connectivity index (χ0v) is 9.59. The number of nitrogens with two attached hydrogens (primary N) is 1. The van der Waals surface area contributed by atoms with E-state index in [4.69, 9.17) is 5.73 Å². The quantitative estimate of drug-likeness (QED) is 0.705. The summed E-state index contributed by atoms with van der Waals surface area (Å²) in [6.45, 7) is 9.89. The SMILES string of the molecule is CC(C)N(C)C(=O)[C@H](N)C(C)(C)C. The number of hydrogen-bond acceptors (Lipinski definition) is 2.